The van der Waals surface area contributed by atoms with E-state index in [1.54, 1.807) is 37.3 Å². The number of benzene rings is 3. The molecule has 0 atom stereocenters. The Morgan fingerprint density at radius 3 is 2.27 bits per heavy atom. The van der Waals surface area contributed by atoms with E-state index in [-0.39, 0.29) is 28.3 Å². The Hall–Kier alpha value is -4.73. The maximum atomic E-state index is 12.8. The Balaban J connectivity index is 1.71. The second kappa shape index (κ2) is 10.1. The van der Waals surface area contributed by atoms with E-state index in [4.69, 9.17) is 4.74 Å². The summed E-state index contributed by atoms with van der Waals surface area (Å²) in [5.74, 6) is -2.35. The maximum absolute atomic E-state index is 12.8. The number of nitrogens with one attached hydrogen (secondary N) is 2. The number of carbonyl (C=O) groups excluding carboxylic acids is 2. The van der Waals surface area contributed by atoms with Crippen LogP contribution in [0.4, 0.5) is 17.1 Å². The van der Waals surface area contributed by atoms with E-state index in [1.165, 1.54) is 36.4 Å². The molecule has 3 aromatic carbocycles. The van der Waals surface area contributed by atoms with Gasteiger partial charge in [0.1, 0.15) is 0 Å². The molecule has 0 saturated heterocycles. The van der Waals surface area contributed by atoms with Crippen molar-refractivity contribution < 1.29 is 29.2 Å². The quantitative estimate of drug-likeness (QED) is 0.349. The second-order valence-corrected chi connectivity index (χ2v) is 6.84. The highest BCUT2D eigenvalue weighted by molar-refractivity contribution is 6.09. The van der Waals surface area contributed by atoms with E-state index in [0.717, 1.165) is 0 Å². The summed E-state index contributed by atoms with van der Waals surface area (Å²) in [6.45, 7) is 1.14. The van der Waals surface area contributed by atoms with Crippen molar-refractivity contribution in [3.05, 3.63) is 93.5 Å². The van der Waals surface area contributed by atoms with E-state index in [9.17, 15) is 29.6 Å². The van der Waals surface area contributed by atoms with Gasteiger partial charge in [0.25, 0.3) is 11.8 Å². The first-order valence-corrected chi connectivity index (χ1v) is 9.67. The smallest absolute Gasteiger partial charge is 0.337 e. The topological polar surface area (TPSA) is 148 Å². The molecule has 10 nitrogen and oxygen atoms in total. The first kappa shape index (κ1) is 22.9. The monoisotopic (exact) mass is 449 g/mol. The molecule has 0 heterocycles. The van der Waals surface area contributed by atoms with Crippen LogP contribution in [0.15, 0.2) is 66.7 Å². The lowest BCUT2D eigenvalue weighted by atomic mass is 10.1. The average Bonchev–Trinajstić information content (AvgIpc) is 2.79. The molecule has 168 valence electrons. The molecule has 3 N–H and O–H groups in total. The number of rotatable bonds is 8. The lowest BCUT2D eigenvalue weighted by Crippen LogP contribution is -2.22. The molecule has 0 fully saturated rings. The fourth-order valence-electron chi connectivity index (χ4n) is 3.04. The van der Waals surface area contributed by atoms with Gasteiger partial charge in [-0.2, -0.15) is 0 Å². The number of ether oxygens (including phenoxy) is 1. The Kier molecular flexibility index (Phi) is 6.99. The number of anilines is 2. The van der Waals surface area contributed by atoms with Gasteiger partial charge in [0.15, 0.2) is 12.4 Å². The number of carbonyl (C=O) groups is 3. The summed E-state index contributed by atoms with van der Waals surface area (Å²) in [6, 6.07) is 16.4. The molecule has 0 spiro atoms. The number of nitro benzene ring substituents is 1. The minimum Gasteiger partial charge on any atom is -0.478 e. The molecule has 33 heavy (non-hydrogen) atoms. The molecule has 2 amide bonds. The van der Waals surface area contributed by atoms with Gasteiger partial charge in [-0.25, -0.2) is 4.79 Å². The van der Waals surface area contributed by atoms with Crippen LogP contribution in [0.1, 0.15) is 26.3 Å². The highest BCUT2D eigenvalue weighted by atomic mass is 16.6. The molecule has 0 aromatic heterocycles. The molecule has 3 aromatic rings. The van der Waals surface area contributed by atoms with E-state index in [1.807, 2.05) is 0 Å². The van der Waals surface area contributed by atoms with Crippen molar-refractivity contribution >= 4 is 34.8 Å². The number of nitro groups is 1. The van der Waals surface area contributed by atoms with E-state index >= 15 is 0 Å². The third-order valence-electron chi connectivity index (χ3n) is 4.68. The molecular weight excluding hydrogens is 430 g/mol. The standard InChI is InChI=1S/C23H19N3O7/c1-14-15(22(28)25-18-9-3-2-7-16(18)23(29)30)8-6-10-17(14)24-21(27)13-33-20-12-5-4-11-19(20)26(31)32/h2-12H,13H2,1H3,(H,24,27)(H,25,28)(H,29,30). The number of carboxylic acids is 1. The van der Waals surface area contributed by atoms with Crippen molar-refractivity contribution in [2.75, 3.05) is 17.2 Å². The van der Waals surface area contributed by atoms with Crippen molar-refractivity contribution in [1.82, 2.24) is 0 Å². The van der Waals surface area contributed by atoms with Crippen LogP contribution >= 0.6 is 0 Å². The molecule has 0 aliphatic heterocycles. The second-order valence-electron chi connectivity index (χ2n) is 6.84. The van der Waals surface area contributed by atoms with Gasteiger partial charge in [-0.1, -0.05) is 30.3 Å². The van der Waals surface area contributed by atoms with Crippen LogP contribution < -0.4 is 15.4 Å². The summed E-state index contributed by atoms with van der Waals surface area (Å²) in [7, 11) is 0. The minimum absolute atomic E-state index is 0.0420. The maximum Gasteiger partial charge on any atom is 0.337 e. The molecule has 0 saturated carbocycles. The zero-order chi connectivity index (χ0) is 24.0. The van der Waals surface area contributed by atoms with Gasteiger partial charge in [0, 0.05) is 17.3 Å². The van der Waals surface area contributed by atoms with Crippen molar-refractivity contribution in [3.63, 3.8) is 0 Å². The van der Waals surface area contributed by atoms with Crippen LogP contribution in [-0.4, -0.2) is 34.4 Å². The number of hydrogen-bond acceptors (Lipinski definition) is 6. The third kappa shape index (κ3) is 5.50. The van der Waals surface area contributed by atoms with Crippen LogP contribution in [0.5, 0.6) is 5.75 Å². The third-order valence-corrected chi connectivity index (χ3v) is 4.68. The van der Waals surface area contributed by atoms with Gasteiger partial charge >= 0.3 is 11.7 Å². The summed E-state index contributed by atoms with van der Waals surface area (Å²) in [5, 5.41) is 25.5. The van der Waals surface area contributed by atoms with Crippen molar-refractivity contribution in [2.45, 2.75) is 6.92 Å². The van der Waals surface area contributed by atoms with Gasteiger partial charge in [-0.05, 0) is 42.8 Å². The summed E-state index contributed by atoms with van der Waals surface area (Å²) >= 11 is 0. The van der Waals surface area contributed by atoms with Gasteiger partial charge in [0.2, 0.25) is 0 Å². The van der Waals surface area contributed by atoms with E-state index < -0.39 is 29.3 Å². The van der Waals surface area contributed by atoms with Crippen LogP contribution in [0, 0.1) is 17.0 Å². The lowest BCUT2D eigenvalue weighted by Gasteiger charge is -2.14. The number of nitrogens with zero attached hydrogens (tertiary/aromatic N) is 1. The Morgan fingerprint density at radius 2 is 1.55 bits per heavy atom. The SMILES string of the molecule is Cc1c(NC(=O)COc2ccccc2[N+](=O)[O-])cccc1C(=O)Nc1ccccc1C(=O)O. The zero-order valence-corrected chi connectivity index (χ0v) is 17.4. The number of para-hydroxylation sites is 3. The minimum atomic E-state index is -1.18. The number of carboxylic acid groups (broad SMARTS) is 1. The van der Waals surface area contributed by atoms with Gasteiger partial charge in [0.05, 0.1) is 16.2 Å². The fraction of sp³-hybridized carbons (Fsp3) is 0.0870. The highest BCUT2D eigenvalue weighted by Gasteiger charge is 2.18. The molecule has 0 aliphatic carbocycles. The Bertz CT molecular complexity index is 1240. The summed E-state index contributed by atoms with van der Waals surface area (Å²) in [6.07, 6.45) is 0. The molecule has 3 rings (SSSR count). The number of hydrogen-bond donors (Lipinski definition) is 3. The van der Waals surface area contributed by atoms with Crippen LogP contribution in [0.25, 0.3) is 0 Å². The predicted octanol–water partition coefficient (Wildman–Crippen LogP) is 3.87. The van der Waals surface area contributed by atoms with Crippen molar-refractivity contribution in [2.24, 2.45) is 0 Å². The largest absolute Gasteiger partial charge is 0.478 e. The van der Waals surface area contributed by atoms with Crippen molar-refractivity contribution in [3.8, 4) is 5.75 Å². The molecule has 0 bridgehead atoms. The average molecular weight is 449 g/mol. The van der Waals surface area contributed by atoms with Gasteiger partial charge in [-0.3, -0.25) is 19.7 Å². The van der Waals surface area contributed by atoms with Gasteiger partial charge < -0.3 is 20.5 Å². The van der Waals surface area contributed by atoms with Crippen LogP contribution in [-0.2, 0) is 4.79 Å². The van der Waals surface area contributed by atoms with E-state index in [2.05, 4.69) is 10.6 Å². The summed E-state index contributed by atoms with van der Waals surface area (Å²) in [5.41, 5.74) is 0.836. The first-order chi connectivity index (χ1) is 15.8. The number of aromatic carboxylic acids is 1. The summed E-state index contributed by atoms with van der Waals surface area (Å²) < 4.78 is 5.28. The highest BCUT2D eigenvalue weighted by Crippen LogP contribution is 2.26. The van der Waals surface area contributed by atoms with Crippen LogP contribution in [0.3, 0.4) is 0 Å². The predicted molar refractivity (Wildman–Crippen MR) is 120 cm³/mol. The molecule has 10 heteroatoms. The van der Waals surface area contributed by atoms with Crippen LogP contribution in [0.2, 0.25) is 0 Å². The lowest BCUT2D eigenvalue weighted by molar-refractivity contribution is -0.385. The Morgan fingerprint density at radius 1 is 0.909 bits per heavy atom. The summed E-state index contributed by atoms with van der Waals surface area (Å²) in [4.78, 5) is 46.9. The van der Waals surface area contributed by atoms with E-state index in [0.29, 0.717) is 11.3 Å². The zero-order valence-electron chi connectivity index (χ0n) is 17.4. The molecular formula is C23H19N3O7. The normalized spacial score (nSPS) is 10.2. The Labute approximate surface area is 188 Å². The number of amides is 2. The fourth-order valence-corrected chi connectivity index (χ4v) is 3.04. The van der Waals surface area contributed by atoms with Gasteiger partial charge in [-0.15, -0.1) is 0 Å². The molecule has 0 aliphatic rings. The first-order valence-electron chi connectivity index (χ1n) is 9.67. The van der Waals surface area contributed by atoms with Crippen molar-refractivity contribution in [1.29, 1.82) is 0 Å². The molecule has 0 radical (unpaired) electrons. The molecule has 0 unspecified atom stereocenters.